The summed E-state index contributed by atoms with van der Waals surface area (Å²) in [5.74, 6) is -0.826. The summed E-state index contributed by atoms with van der Waals surface area (Å²) < 4.78 is 28.2. The number of benzene rings is 2. The van der Waals surface area contributed by atoms with Crippen molar-refractivity contribution in [1.82, 2.24) is 5.32 Å². The maximum absolute atomic E-state index is 14.2. The predicted octanol–water partition coefficient (Wildman–Crippen LogP) is 5.18. The van der Waals surface area contributed by atoms with E-state index in [9.17, 15) is 8.78 Å². The molecule has 4 heteroatoms. The SMILES string of the molecule is CCNC(c1cc(F)c(Br)cc1F)C(C)c1ccccc1. The Labute approximate surface area is 132 Å². The Morgan fingerprint density at radius 1 is 1.10 bits per heavy atom. The zero-order valence-electron chi connectivity index (χ0n) is 12.0. The lowest BCUT2D eigenvalue weighted by molar-refractivity contribution is 0.451. The molecule has 2 rings (SSSR count). The average molecular weight is 354 g/mol. The summed E-state index contributed by atoms with van der Waals surface area (Å²) >= 11 is 3.01. The fourth-order valence-electron chi connectivity index (χ4n) is 2.50. The molecule has 1 nitrogen and oxygen atoms in total. The largest absolute Gasteiger partial charge is 0.310 e. The van der Waals surface area contributed by atoms with E-state index in [-0.39, 0.29) is 16.4 Å². The first-order chi connectivity index (χ1) is 10.0. The van der Waals surface area contributed by atoms with Gasteiger partial charge in [0.05, 0.1) is 4.47 Å². The van der Waals surface area contributed by atoms with E-state index < -0.39 is 11.6 Å². The van der Waals surface area contributed by atoms with Crippen LogP contribution >= 0.6 is 15.9 Å². The van der Waals surface area contributed by atoms with Gasteiger partial charge in [0.15, 0.2) is 0 Å². The molecule has 0 saturated heterocycles. The van der Waals surface area contributed by atoms with Crippen molar-refractivity contribution in [2.75, 3.05) is 6.54 Å². The lowest BCUT2D eigenvalue weighted by atomic mass is 9.88. The second kappa shape index (κ2) is 7.14. The third-order valence-corrected chi connectivity index (χ3v) is 4.23. The highest BCUT2D eigenvalue weighted by atomic mass is 79.9. The first-order valence-electron chi connectivity index (χ1n) is 6.97. The van der Waals surface area contributed by atoms with Gasteiger partial charge in [0.25, 0.3) is 0 Å². The van der Waals surface area contributed by atoms with E-state index in [2.05, 4.69) is 21.2 Å². The molecule has 0 bridgehead atoms. The fourth-order valence-corrected chi connectivity index (χ4v) is 2.82. The van der Waals surface area contributed by atoms with Crippen LogP contribution in [-0.2, 0) is 0 Å². The molecule has 0 aromatic heterocycles. The summed E-state index contributed by atoms with van der Waals surface area (Å²) in [6.45, 7) is 4.65. The second-order valence-electron chi connectivity index (χ2n) is 5.02. The normalized spacial score (nSPS) is 14.0. The number of likely N-dealkylation sites (N-methyl/N-ethyl adjacent to an activating group) is 1. The number of rotatable bonds is 5. The maximum atomic E-state index is 14.2. The van der Waals surface area contributed by atoms with Crippen molar-refractivity contribution in [2.24, 2.45) is 0 Å². The van der Waals surface area contributed by atoms with Gasteiger partial charge < -0.3 is 5.32 Å². The molecule has 1 N–H and O–H groups in total. The zero-order chi connectivity index (χ0) is 15.4. The fraction of sp³-hybridized carbons (Fsp3) is 0.294. The van der Waals surface area contributed by atoms with E-state index in [4.69, 9.17) is 0 Å². The molecule has 2 atom stereocenters. The van der Waals surface area contributed by atoms with Crippen LogP contribution < -0.4 is 5.32 Å². The molecule has 0 spiro atoms. The Morgan fingerprint density at radius 3 is 2.38 bits per heavy atom. The van der Waals surface area contributed by atoms with Gasteiger partial charge in [-0.1, -0.05) is 44.2 Å². The molecule has 0 amide bonds. The highest BCUT2D eigenvalue weighted by Gasteiger charge is 2.24. The maximum Gasteiger partial charge on any atom is 0.137 e. The van der Waals surface area contributed by atoms with Gasteiger partial charge in [0.2, 0.25) is 0 Å². The molecule has 0 aliphatic heterocycles. The summed E-state index contributed by atoms with van der Waals surface area (Å²) in [6, 6.07) is 12.0. The van der Waals surface area contributed by atoms with Gasteiger partial charge >= 0.3 is 0 Å². The topological polar surface area (TPSA) is 12.0 Å². The van der Waals surface area contributed by atoms with Crippen LogP contribution in [0.4, 0.5) is 8.78 Å². The molecule has 2 aromatic carbocycles. The minimum absolute atomic E-state index is 0.0289. The molecule has 0 heterocycles. The lowest BCUT2D eigenvalue weighted by Crippen LogP contribution is -2.27. The lowest BCUT2D eigenvalue weighted by Gasteiger charge is -2.26. The molecule has 0 radical (unpaired) electrons. The van der Waals surface area contributed by atoms with Crippen LogP contribution in [0.15, 0.2) is 46.9 Å². The highest BCUT2D eigenvalue weighted by molar-refractivity contribution is 9.10. The summed E-state index contributed by atoms with van der Waals surface area (Å²) in [5.41, 5.74) is 1.44. The highest BCUT2D eigenvalue weighted by Crippen LogP contribution is 2.33. The molecule has 112 valence electrons. The van der Waals surface area contributed by atoms with Crippen molar-refractivity contribution in [1.29, 1.82) is 0 Å². The molecule has 21 heavy (non-hydrogen) atoms. The van der Waals surface area contributed by atoms with E-state index in [0.29, 0.717) is 12.1 Å². The Bertz CT molecular complexity index is 601. The number of nitrogens with one attached hydrogen (secondary N) is 1. The van der Waals surface area contributed by atoms with Crippen LogP contribution in [0.1, 0.15) is 36.9 Å². The van der Waals surface area contributed by atoms with E-state index in [1.165, 1.54) is 12.1 Å². The van der Waals surface area contributed by atoms with Gasteiger partial charge in [-0.15, -0.1) is 0 Å². The van der Waals surface area contributed by atoms with Crippen LogP contribution in [0.25, 0.3) is 0 Å². The van der Waals surface area contributed by atoms with Crippen molar-refractivity contribution in [2.45, 2.75) is 25.8 Å². The minimum atomic E-state index is -0.449. The molecule has 0 aliphatic carbocycles. The quantitative estimate of drug-likeness (QED) is 0.730. The average Bonchev–Trinajstić information content (AvgIpc) is 2.49. The summed E-state index contributed by atoms with van der Waals surface area (Å²) in [6.07, 6.45) is 0. The zero-order valence-corrected chi connectivity index (χ0v) is 13.6. The Kier molecular flexibility index (Phi) is 5.48. The molecule has 0 aliphatic rings. The summed E-state index contributed by atoms with van der Waals surface area (Å²) in [4.78, 5) is 0. The van der Waals surface area contributed by atoms with Crippen molar-refractivity contribution >= 4 is 15.9 Å². The van der Waals surface area contributed by atoms with Crippen molar-refractivity contribution < 1.29 is 8.78 Å². The Morgan fingerprint density at radius 2 is 1.76 bits per heavy atom. The molecule has 0 saturated carbocycles. The Balaban J connectivity index is 2.42. The van der Waals surface area contributed by atoms with Gasteiger partial charge in [0, 0.05) is 17.5 Å². The molecular weight excluding hydrogens is 336 g/mol. The second-order valence-corrected chi connectivity index (χ2v) is 5.88. The van der Waals surface area contributed by atoms with E-state index in [1.54, 1.807) is 0 Å². The molecular formula is C17H18BrF2N. The standard InChI is InChI=1S/C17H18BrF2N/c1-3-21-17(11(2)12-7-5-4-6-8-12)13-9-16(20)14(18)10-15(13)19/h4-11,17,21H,3H2,1-2H3. The van der Waals surface area contributed by atoms with Crippen LogP contribution in [0.5, 0.6) is 0 Å². The Hall–Kier alpha value is -1.26. The van der Waals surface area contributed by atoms with E-state index >= 15 is 0 Å². The third-order valence-electron chi connectivity index (χ3n) is 3.62. The van der Waals surface area contributed by atoms with Crippen molar-refractivity contribution in [3.63, 3.8) is 0 Å². The van der Waals surface area contributed by atoms with E-state index in [1.807, 2.05) is 44.2 Å². The smallest absolute Gasteiger partial charge is 0.137 e. The predicted molar refractivity (Wildman–Crippen MR) is 85.3 cm³/mol. The number of hydrogen-bond acceptors (Lipinski definition) is 1. The molecule has 2 unspecified atom stereocenters. The van der Waals surface area contributed by atoms with E-state index in [0.717, 1.165) is 5.56 Å². The van der Waals surface area contributed by atoms with Crippen LogP contribution in [-0.4, -0.2) is 6.54 Å². The van der Waals surface area contributed by atoms with Gasteiger partial charge in [-0.25, -0.2) is 8.78 Å². The van der Waals surface area contributed by atoms with Crippen LogP contribution in [0, 0.1) is 11.6 Å². The van der Waals surface area contributed by atoms with Crippen molar-refractivity contribution in [3.05, 3.63) is 69.7 Å². The number of halogens is 3. The molecule has 2 aromatic rings. The minimum Gasteiger partial charge on any atom is -0.310 e. The van der Waals surface area contributed by atoms with Crippen LogP contribution in [0.2, 0.25) is 0 Å². The third kappa shape index (κ3) is 3.69. The summed E-state index contributed by atoms with van der Waals surface area (Å²) in [7, 11) is 0. The molecule has 0 fully saturated rings. The number of hydrogen-bond donors (Lipinski definition) is 1. The van der Waals surface area contributed by atoms with Gasteiger partial charge in [0.1, 0.15) is 11.6 Å². The monoisotopic (exact) mass is 353 g/mol. The van der Waals surface area contributed by atoms with Crippen molar-refractivity contribution in [3.8, 4) is 0 Å². The van der Waals surface area contributed by atoms with Gasteiger partial charge in [-0.3, -0.25) is 0 Å². The van der Waals surface area contributed by atoms with Crippen LogP contribution in [0.3, 0.4) is 0 Å². The van der Waals surface area contributed by atoms with Gasteiger partial charge in [-0.2, -0.15) is 0 Å². The first kappa shape index (κ1) is 16.1. The van der Waals surface area contributed by atoms with Gasteiger partial charge in [-0.05, 0) is 40.2 Å². The summed E-state index contributed by atoms with van der Waals surface area (Å²) in [5, 5.41) is 3.26. The first-order valence-corrected chi connectivity index (χ1v) is 7.76.